The number of aromatic nitrogens is 4. The molecule has 0 radical (unpaired) electrons. The number of nitrogens with zero attached hydrogens (tertiary/aromatic N) is 4. The Bertz CT molecular complexity index is 578. The van der Waals surface area contributed by atoms with Gasteiger partial charge in [-0.15, -0.1) is 11.6 Å². The quantitative estimate of drug-likeness (QED) is 0.781. The van der Waals surface area contributed by atoms with Crippen LogP contribution in [0, 0.1) is 6.92 Å². The fraction of sp³-hybridized carbons (Fsp3) is 0.714. The number of hydrogen-bond donors (Lipinski definition) is 0. The van der Waals surface area contributed by atoms with Gasteiger partial charge in [-0.05, 0) is 33.6 Å². The highest BCUT2D eigenvalue weighted by molar-refractivity contribution is 6.16. The van der Waals surface area contributed by atoms with Crippen LogP contribution in [0.15, 0.2) is 0 Å². The summed E-state index contributed by atoms with van der Waals surface area (Å²) in [4.78, 5) is 4.71. The van der Waals surface area contributed by atoms with Gasteiger partial charge in [-0.3, -0.25) is 0 Å². The molecular weight excluding hydrogens is 260 g/mol. The number of fused-ring (bicyclic) bond motifs is 1. The molecule has 0 aliphatic heterocycles. The minimum atomic E-state index is 0.0400. The lowest BCUT2D eigenvalue weighted by atomic mass is 9.95. The van der Waals surface area contributed by atoms with Crippen LogP contribution in [0.3, 0.4) is 0 Å². The van der Waals surface area contributed by atoms with Gasteiger partial charge in [-0.25, -0.2) is 9.67 Å². The SMILES string of the molecule is CCn1nc(C)c2nc(CCl)n(C(C)(CC)CC)c21. The number of aryl methyl sites for hydroxylation is 2. The molecule has 0 spiro atoms. The molecule has 106 valence electrons. The van der Waals surface area contributed by atoms with E-state index in [9.17, 15) is 0 Å². The molecule has 0 bridgehead atoms. The first-order valence-corrected chi connectivity index (χ1v) is 7.57. The van der Waals surface area contributed by atoms with Crippen LogP contribution in [0.5, 0.6) is 0 Å². The molecule has 2 rings (SSSR count). The number of alkyl halides is 1. The molecule has 0 aliphatic carbocycles. The molecule has 0 aliphatic rings. The molecule has 2 aromatic rings. The number of halogens is 1. The highest BCUT2D eigenvalue weighted by Crippen LogP contribution is 2.32. The van der Waals surface area contributed by atoms with Crippen molar-refractivity contribution in [1.29, 1.82) is 0 Å². The molecule has 2 aromatic heterocycles. The fourth-order valence-electron chi connectivity index (χ4n) is 2.66. The first-order valence-electron chi connectivity index (χ1n) is 7.03. The predicted octanol–water partition coefficient (Wildman–Crippen LogP) is 3.84. The van der Waals surface area contributed by atoms with Crippen molar-refractivity contribution in [3.8, 4) is 0 Å². The van der Waals surface area contributed by atoms with Crippen LogP contribution in [0.4, 0.5) is 0 Å². The van der Waals surface area contributed by atoms with Crippen LogP contribution in [0.1, 0.15) is 52.1 Å². The minimum absolute atomic E-state index is 0.0400. The Kier molecular flexibility index (Phi) is 3.90. The van der Waals surface area contributed by atoms with E-state index in [2.05, 4.69) is 37.4 Å². The summed E-state index contributed by atoms with van der Waals surface area (Å²) in [7, 11) is 0. The van der Waals surface area contributed by atoms with Gasteiger partial charge in [0.05, 0.1) is 11.6 Å². The van der Waals surface area contributed by atoms with E-state index >= 15 is 0 Å². The second kappa shape index (κ2) is 5.16. The van der Waals surface area contributed by atoms with Gasteiger partial charge in [0.1, 0.15) is 11.3 Å². The van der Waals surface area contributed by atoms with Gasteiger partial charge in [0.25, 0.3) is 0 Å². The van der Waals surface area contributed by atoms with Gasteiger partial charge in [0.15, 0.2) is 5.65 Å². The molecular formula is C14H23ClN4. The molecule has 0 saturated heterocycles. The lowest BCUT2D eigenvalue weighted by molar-refractivity contribution is 0.291. The van der Waals surface area contributed by atoms with Crippen LogP contribution >= 0.6 is 11.6 Å². The topological polar surface area (TPSA) is 35.6 Å². The van der Waals surface area contributed by atoms with Gasteiger partial charge in [0.2, 0.25) is 0 Å². The summed E-state index contributed by atoms with van der Waals surface area (Å²) in [5.41, 5.74) is 3.13. The molecule has 0 unspecified atom stereocenters. The zero-order valence-corrected chi connectivity index (χ0v) is 13.3. The zero-order valence-electron chi connectivity index (χ0n) is 12.5. The molecule has 0 aromatic carbocycles. The van der Waals surface area contributed by atoms with Gasteiger partial charge in [-0.2, -0.15) is 5.10 Å². The van der Waals surface area contributed by atoms with Crippen molar-refractivity contribution in [1.82, 2.24) is 19.3 Å². The summed E-state index contributed by atoms with van der Waals surface area (Å²) in [6, 6.07) is 0. The molecule has 0 N–H and O–H groups in total. The minimum Gasteiger partial charge on any atom is -0.306 e. The number of hydrogen-bond acceptors (Lipinski definition) is 2. The maximum Gasteiger partial charge on any atom is 0.159 e. The highest BCUT2D eigenvalue weighted by Gasteiger charge is 2.29. The molecule has 2 heterocycles. The lowest BCUT2D eigenvalue weighted by Crippen LogP contribution is -2.31. The number of imidazole rings is 1. The average molecular weight is 283 g/mol. The van der Waals surface area contributed by atoms with Crippen LogP contribution < -0.4 is 0 Å². The van der Waals surface area contributed by atoms with Crippen molar-refractivity contribution in [2.24, 2.45) is 0 Å². The number of rotatable bonds is 5. The normalized spacial score (nSPS) is 12.5. The first-order chi connectivity index (χ1) is 9.02. The summed E-state index contributed by atoms with van der Waals surface area (Å²) in [5, 5.41) is 4.58. The van der Waals surface area contributed by atoms with Crippen molar-refractivity contribution >= 4 is 22.8 Å². The Balaban J connectivity index is 2.83. The molecule has 0 saturated carbocycles. The molecule has 19 heavy (non-hydrogen) atoms. The Labute approximate surface area is 119 Å². The maximum atomic E-state index is 6.12. The second-order valence-corrected chi connectivity index (χ2v) is 5.54. The second-order valence-electron chi connectivity index (χ2n) is 5.27. The van der Waals surface area contributed by atoms with E-state index in [1.165, 1.54) is 0 Å². The van der Waals surface area contributed by atoms with E-state index in [1.807, 2.05) is 11.6 Å². The van der Waals surface area contributed by atoms with E-state index in [1.54, 1.807) is 0 Å². The van der Waals surface area contributed by atoms with Crippen LogP contribution in [-0.2, 0) is 18.0 Å². The van der Waals surface area contributed by atoms with Gasteiger partial charge >= 0.3 is 0 Å². The van der Waals surface area contributed by atoms with Gasteiger partial charge in [0, 0.05) is 12.1 Å². The summed E-state index contributed by atoms with van der Waals surface area (Å²) in [6.45, 7) is 11.7. The Morgan fingerprint density at radius 2 is 1.84 bits per heavy atom. The van der Waals surface area contributed by atoms with E-state index < -0.39 is 0 Å². The monoisotopic (exact) mass is 282 g/mol. The molecule has 0 atom stereocenters. The van der Waals surface area contributed by atoms with Crippen LogP contribution in [0.25, 0.3) is 11.2 Å². The van der Waals surface area contributed by atoms with E-state index in [-0.39, 0.29) is 5.54 Å². The lowest BCUT2D eigenvalue weighted by Gasteiger charge is -2.31. The molecule has 4 nitrogen and oxygen atoms in total. The largest absolute Gasteiger partial charge is 0.306 e. The Morgan fingerprint density at radius 3 is 2.32 bits per heavy atom. The standard InChI is InChI=1S/C14H23ClN4/c1-6-14(5,7-2)19-11(9-15)16-12-10(4)17-18(8-3)13(12)19/h6-9H2,1-5H3. The smallest absolute Gasteiger partial charge is 0.159 e. The molecule has 0 fully saturated rings. The maximum absolute atomic E-state index is 6.12. The summed E-state index contributed by atoms with van der Waals surface area (Å²) in [5.74, 6) is 1.39. The van der Waals surface area contributed by atoms with E-state index in [0.29, 0.717) is 5.88 Å². The van der Waals surface area contributed by atoms with Crippen molar-refractivity contribution in [2.45, 2.75) is 65.4 Å². The highest BCUT2D eigenvalue weighted by atomic mass is 35.5. The fourth-order valence-corrected chi connectivity index (χ4v) is 2.84. The molecule has 0 amide bonds. The van der Waals surface area contributed by atoms with Gasteiger partial charge in [-0.1, -0.05) is 13.8 Å². The third-order valence-electron chi connectivity index (χ3n) is 4.26. The third kappa shape index (κ3) is 2.06. The van der Waals surface area contributed by atoms with Crippen LogP contribution in [0.2, 0.25) is 0 Å². The Morgan fingerprint density at radius 1 is 1.21 bits per heavy atom. The third-order valence-corrected chi connectivity index (χ3v) is 4.50. The van der Waals surface area contributed by atoms with Crippen molar-refractivity contribution in [2.75, 3.05) is 0 Å². The Hall–Kier alpha value is -1.03. The summed E-state index contributed by atoms with van der Waals surface area (Å²) >= 11 is 6.12. The average Bonchev–Trinajstić information content (AvgIpc) is 2.96. The first kappa shape index (κ1) is 14.4. The van der Waals surface area contributed by atoms with Crippen molar-refractivity contribution < 1.29 is 0 Å². The zero-order chi connectivity index (χ0) is 14.2. The van der Waals surface area contributed by atoms with Crippen molar-refractivity contribution in [3.63, 3.8) is 0 Å². The van der Waals surface area contributed by atoms with Crippen molar-refractivity contribution in [3.05, 3.63) is 11.5 Å². The molecule has 5 heteroatoms. The summed E-state index contributed by atoms with van der Waals surface area (Å²) in [6.07, 6.45) is 2.10. The van der Waals surface area contributed by atoms with Crippen LogP contribution in [-0.4, -0.2) is 19.3 Å². The predicted molar refractivity (Wildman–Crippen MR) is 79.7 cm³/mol. The summed E-state index contributed by atoms with van der Waals surface area (Å²) < 4.78 is 4.34. The van der Waals surface area contributed by atoms with E-state index in [0.717, 1.165) is 42.1 Å². The van der Waals surface area contributed by atoms with E-state index in [4.69, 9.17) is 16.6 Å². The van der Waals surface area contributed by atoms with Gasteiger partial charge < -0.3 is 4.57 Å².